The molecule has 0 saturated carbocycles. The Morgan fingerprint density at radius 3 is 2.57 bits per heavy atom. The number of carbonyl (C=O) groups excluding carboxylic acids is 1. The molecule has 158 valence electrons. The number of nitrogens with zero attached hydrogens (tertiary/aromatic N) is 6. The summed E-state index contributed by atoms with van der Waals surface area (Å²) in [5.74, 6) is -0.774. The molecule has 0 aliphatic heterocycles. The monoisotopic (exact) mass is 444 g/mol. The van der Waals surface area contributed by atoms with Gasteiger partial charge in [0.15, 0.2) is 0 Å². The van der Waals surface area contributed by atoms with Crippen LogP contribution in [-0.2, 0) is 18.0 Å². The normalized spacial score (nSPS) is 11.5. The first-order valence-corrected chi connectivity index (χ1v) is 8.62. The van der Waals surface area contributed by atoms with Crippen molar-refractivity contribution in [1.29, 1.82) is 0 Å². The third kappa shape index (κ3) is 3.83. The van der Waals surface area contributed by atoms with E-state index in [1.807, 2.05) is 0 Å². The van der Waals surface area contributed by atoms with Crippen molar-refractivity contribution in [2.45, 2.75) is 19.5 Å². The van der Waals surface area contributed by atoms with Crippen LogP contribution in [0.25, 0.3) is 17.1 Å². The Bertz CT molecular complexity index is 1250. The number of halogens is 4. The molecule has 3 aromatic rings. The maximum absolute atomic E-state index is 13.0. The summed E-state index contributed by atoms with van der Waals surface area (Å²) in [7, 11) is 0.892. The zero-order valence-corrected chi connectivity index (χ0v) is 16.1. The van der Waals surface area contributed by atoms with Crippen LogP contribution < -0.4 is 16.1 Å². The van der Waals surface area contributed by atoms with Crippen LogP contribution in [0.5, 0.6) is 0 Å². The molecule has 0 fully saturated rings. The average molecular weight is 445 g/mol. The summed E-state index contributed by atoms with van der Waals surface area (Å²) in [4.78, 5) is 41.9. The van der Waals surface area contributed by atoms with Gasteiger partial charge in [-0.05, 0) is 33.5 Å². The van der Waals surface area contributed by atoms with E-state index in [9.17, 15) is 27.6 Å². The van der Waals surface area contributed by atoms with Gasteiger partial charge in [0.1, 0.15) is 5.69 Å². The molecular formula is C16H12ClF3N6O4. The summed E-state index contributed by atoms with van der Waals surface area (Å²) in [6, 6.07) is 4.06. The molecule has 0 aliphatic rings. The van der Waals surface area contributed by atoms with E-state index in [0.29, 0.717) is 20.0 Å². The van der Waals surface area contributed by atoms with Gasteiger partial charge in [-0.15, -0.1) is 5.10 Å². The summed E-state index contributed by atoms with van der Waals surface area (Å²) < 4.78 is 39.9. The third-order valence-electron chi connectivity index (χ3n) is 3.98. The molecule has 2 heterocycles. The highest BCUT2D eigenvalue weighted by Crippen LogP contribution is 2.29. The maximum atomic E-state index is 13.0. The van der Waals surface area contributed by atoms with Gasteiger partial charge in [-0.25, -0.2) is 14.2 Å². The lowest BCUT2D eigenvalue weighted by Crippen LogP contribution is -2.40. The lowest BCUT2D eigenvalue weighted by Gasteiger charge is -2.14. The second-order valence-electron chi connectivity index (χ2n) is 5.90. The Labute approximate surface area is 170 Å². The van der Waals surface area contributed by atoms with E-state index in [-0.39, 0.29) is 28.5 Å². The fourth-order valence-corrected chi connectivity index (χ4v) is 2.72. The summed E-state index contributed by atoms with van der Waals surface area (Å²) >= 11 is 6.14. The Morgan fingerprint density at radius 1 is 1.23 bits per heavy atom. The van der Waals surface area contributed by atoms with E-state index in [1.165, 1.54) is 18.2 Å². The SMILES string of the molecule is CCC(=O)On1nnnc1-c1cc(-n2c(=O)cc(C(F)(F)F)n(C)c2=O)ccc1Cl. The molecule has 2 aromatic heterocycles. The van der Waals surface area contributed by atoms with Gasteiger partial charge in [0.2, 0.25) is 5.82 Å². The largest absolute Gasteiger partial charge is 0.431 e. The predicted octanol–water partition coefficient (Wildman–Crippen LogP) is 1.23. The molecule has 14 heteroatoms. The standard InChI is InChI=1S/C16H12ClF3N6O4/c1-3-13(28)30-26-14(21-22-23-26)9-6-8(4-5-10(9)17)25-12(27)7-11(16(18,19)20)24(2)15(25)29/h4-7H,3H2,1-2H3. The molecule has 0 aliphatic carbocycles. The second kappa shape index (κ2) is 7.74. The highest BCUT2D eigenvalue weighted by molar-refractivity contribution is 6.33. The second-order valence-corrected chi connectivity index (χ2v) is 6.31. The van der Waals surface area contributed by atoms with Gasteiger partial charge in [-0.2, -0.15) is 13.2 Å². The molecular weight excluding hydrogens is 433 g/mol. The zero-order valence-electron chi connectivity index (χ0n) is 15.3. The van der Waals surface area contributed by atoms with E-state index in [0.717, 1.165) is 7.05 Å². The number of tetrazole rings is 1. The Hall–Kier alpha value is -3.48. The van der Waals surface area contributed by atoms with Crippen LogP contribution in [0.4, 0.5) is 13.2 Å². The minimum atomic E-state index is -4.89. The first-order valence-electron chi connectivity index (χ1n) is 8.24. The number of aromatic nitrogens is 6. The van der Waals surface area contributed by atoms with E-state index in [1.54, 1.807) is 6.92 Å². The van der Waals surface area contributed by atoms with Gasteiger partial charge >= 0.3 is 17.8 Å². The summed E-state index contributed by atoms with van der Waals surface area (Å²) in [6.45, 7) is 1.55. The molecule has 0 spiro atoms. The first kappa shape index (κ1) is 21.2. The summed E-state index contributed by atoms with van der Waals surface area (Å²) in [5, 5.41) is 10.7. The van der Waals surface area contributed by atoms with Crippen molar-refractivity contribution in [3.8, 4) is 17.1 Å². The van der Waals surface area contributed by atoms with Gasteiger partial charge in [-0.3, -0.25) is 9.36 Å². The number of carbonyl (C=O) groups is 1. The van der Waals surface area contributed by atoms with Gasteiger partial charge < -0.3 is 4.84 Å². The lowest BCUT2D eigenvalue weighted by molar-refractivity contribution is -0.145. The van der Waals surface area contributed by atoms with Gasteiger partial charge in [-0.1, -0.05) is 18.5 Å². The molecule has 0 atom stereocenters. The molecule has 3 rings (SSSR count). The fraction of sp³-hybridized carbons (Fsp3) is 0.250. The summed E-state index contributed by atoms with van der Waals surface area (Å²) in [5.41, 5.74) is -3.84. The Morgan fingerprint density at radius 2 is 1.93 bits per heavy atom. The Kier molecular flexibility index (Phi) is 5.48. The molecule has 1 aromatic carbocycles. The topological polar surface area (TPSA) is 114 Å². The smallest absolute Gasteiger partial charge is 0.316 e. The fourth-order valence-electron chi connectivity index (χ4n) is 2.52. The van der Waals surface area contributed by atoms with Crippen LogP contribution in [-0.4, -0.2) is 35.5 Å². The zero-order chi connectivity index (χ0) is 22.2. The van der Waals surface area contributed by atoms with Crippen molar-refractivity contribution in [2.24, 2.45) is 7.05 Å². The molecule has 0 N–H and O–H groups in total. The number of hydrogen-bond donors (Lipinski definition) is 0. The number of rotatable bonds is 4. The van der Waals surface area contributed by atoms with Crippen LogP contribution in [0.3, 0.4) is 0 Å². The van der Waals surface area contributed by atoms with Crippen molar-refractivity contribution >= 4 is 17.6 Å². The lowest BCUT2D eigenvalue weighted by atomic mass is 10.2. The molecule has 0 bridgehead atoms. The highest BCUT2D eigenvalue weighted by Gasteiger charge is 2.35. The molecule has 0 unspecified atom stereocenters. The molecule has 0 radical (unpaired) electrons. The molecule has 30 heavy (non-hydrogen) atoms. The van der Waals surface area contributed by atoms with Crippen LogP contribution >= 0.6 is 11.6 Å². The average Bonchev–Trinajstić information content (AvgIpc) is 3.12. The molecule has 10 nitrogen and oxygen atoms in total. The van der Waals surface area contributed by atoms with Crippen LogP contribution in [0.15, 0.2) is 33.9 Å². The van der Waals surface area contributed by atoms with Crippen molar-refractivity contribution in [3.63, 3.8) is 0 Å². The maximum Gasteiger partial charge on any atom is 0.431 e. The molecule has 0 amide bonds. The van der Waals surface area contributed by atoms with Crippen molar-refractivity contribution in [2.75, 3.05) is 0 Å². The van der Waals surface area contributed by atoms with Crippen LogP contribution in [0.2, 0.25) is 5.02 Å². The van der Waals surface area contributed by atoms with Crippen LogP contribution in [0.1, 0.15) is 19.0 Å². The van der Waals surface area contributed by atoms with E-state index in [4.69, 9.17) is 16.4 Å². The number of alkyl halides is 3. The Balaban J connectivity index is 2.18. The van der Waals surface area contributed by atoms with Crippen molar-refractivity contribution in [3.05, 3.63) is 55.8 Å². The third-order valence-corrected chi connectivity index (χ3v) is 4.31. The minimum absolute atomic E-state index is 0.0318. The first-order chi connectivity index (χ1) is 14.0. The van der Waals surface area contributed by atoms with Gasteiger partial charge in [0.05, 0.1) is 10.7 Å². The van der Waals surface area contributed by atoms with Gasteiger partial charge in [0.25, 0.3) is 5.56 Å². The molecule has 0 saturated heterocycles. The van der Waals surface area contributed by atoms with Gasteiger partial charge in [0, 0.05) is 25.1 Å². The van der Waals surface area contributed by atoms with Crippen molar-refractivity contribution in [1.82, 2.24) is 29.5 Å². The van der Waals surface area contributed by atoms with E-state index < -0.39 is 29.1 Å². The van der Waals surface area contributed by atoms with Crippen LogP contribution in [0, 0.1) is 0 Å². The quantitative estimate of drug-likeness (QED) is 0.556. The predicted molar refractivity (Wildman–Crippen MR) is 96.0 cm³/mol. The highest BCUT2D eigenvalue weighted by atomic mass is 35.5. The minimum Gasteiger partial charge on any atom is -0.316 e. The van der Waals surface area contributed by atoms with Crippen molar-refractivity contribution < 1.29 is 22.8 Å². The number of hydrogen-bond acceptors (Lipinski definition) is 7. The summed E-state index contributed by atoms with van der Waals surface area (Å²) in [6.07, 6.45) is -4.85. The number of benzene rings is 1. The van der Waals surface area contributed by atoms with E-state index >= 15 is 0 Å². The van der Waals surface area contributed by atoms with E-state index in [2.05, 4.69) is 15.5 Å².